The molecule has 0 radical (unpaired) electrons. The number of hydrogen-bond donors (Lipinski definition) is 1. The molecule has 0 saturated carbocycles. The molecule has 1 aromatic rings. The van der Waals surface area contributed by atoms with Crippen LogP contribution in [-0.2, 0) is 25.9 Å². The number of benzene rings is 1. The van der Waals surface area contributed by atoms with Gasteiger partial charge in [0.15, 0.2) is 9.84 Å². The Hall–Kier alpha value is -1.40. The second-order valence-corrected chi connectivity index (χ2v) is 6.49. The molecule has 106 valence electrons. The molecule has 0 amide bonds. The summed E-state index contributed by atoms with van der Waals surface area (Å²) in [5, 5.41) is 3.12. The highest BCUT2D eigenvalue weighted by molar-refractivity contribution is 7.90. The number of carbonyl (C=O) groups is 1. The van der Waals surface area contributed by atoms with Gasteiger partial charge in [0.05, 0.1) is 17.9 Å². The summed E-state index contributed by atoms with van der Waals surface area (Å²) < 4.78 is 27.2. The van der Waals surface area contributed by atoms with Crippen molar-refractivity contribution in [1.82, 2.24) is 5.32 Å². The third-order valence-corrected chi connectivity index (χ3v) is 3.86. The summed E-state index contributed by atoms with van der Waals surface area (Å²) in [6, 6.07) is 6.67. The maximum atomic E-state index is 11.3. The van der Waals surface area contributed by atoms with Crippen LogP contribution in [-0.4, -0.2) is 34.3 Å². The maximum Gasteiger partial charge on any atom is 0.309 e. The first-order valence-corrected chi connectivity index (χ1v) is 7.81. The normalized spacial score (nSPS) is 13.0. The topological polar surface area (TPSA) is 72.5 Å². The van der Waals surface area contributed by atoms with Crippen LogP contribution in [0.1, 0.15) is 12.5 Å². The Morgan fingerprint density at radius 1 is 1.32 bits per heavy atom. The van der Waals surface area contributed by atoms with E-state index in [4.69, 9.17) is 0 Å². The van der Waals surface area contributed by atoms with E-state index >= 15 is 0 Å². The highest BCUT2D eigenvalue weighted by atomic mass is 32.2. The Labute approximate surface area is 113 Å². The monoisotopic (exact) mass is 285 g/mol. The average molecular weight is 285 g/mol. The molecular formula is C13H19NO4S. The molecular weight excluding hydrogens is 266 g/mol. The van der Waals surface area contributed by atoms with Crippen molar-refractivity contribution in [3.8, 4) is 0 Å². The molecule has 0 fully saturated rings. The van der Waals surface area contributed by atoms with Crippen LogP contribution in [0, 0.1) is 5.92 Å². The minimum absolute atomic E-state index is 0.208. The third-order valence-electron chi connectivity index (χ3n) is 2.73. The highest BCUT2D eigenvalue weighted by Crippen LogP contribution is 2.10. The van der Waals surface area contributed by atoms with Gasteiger partial charge in [-0.15, -0.1) is 0 Å². The minimum Gasteiger partial charge on any atom is -0.469 e. The first-order valence-electron chi connectivity index (χ1n) is 5.92. The number of hydrogen-bond acceptors (Lipinski definition) is 5. The van der Waals surface area contributed by atoms with E-state index in [1.807, 2.05) is 0 Å². The second kappa shape index (κ2) is 6.68. The predicted molar refractivity (Wildman–Crippen MR) is 72.4 cm³/mol. The standard InChI is InChI=1S/C13H19NO4S/c1-10(13(15)18-2)8-14-9-11-4-6-12(7-5-11)19(3,16)17/h4-7,10,14H,8-9H2,1-3H3. The van der Waals surface area contributed by atoms with Crippen LogP contribution >= 0.6 is 0 Å². The fraction of sp³-hybridized carbons (Fsp3) is 0.462. The van der Waals surface area contributed by atoms with Gasteiger partial charge in [-0.1, -0.05) is 19.1 Å². The first kappa shape index (κ1) is 15.7. The molecule has 0 bridgehead atoms. The zero-order valence-electron chi connectivity index (χ0n) is 11.3. The molecule has 1 N–H and O–H groups in total. The molecule has 1 atom stereocenters. The fourth-order valence-electron chi connectivity index (χ4n) is 1.57. The zero-order chi connectivity index (χ0) is 14.5. The lowest BCUT2D eigenvalue weighted by molar-refractivity contribution is -0.144. The highest BCUT2D eigenvalue weighted by Gasteiger charge is 2.12. The largest absolute Gasteiger partial charge is 0.469 e. The third kappa shape index (κ3) is 5.00. The number of ether oxygens (including phenoxy) is 1. The van der Waals surface area contributed by atoms with Gasteiger partial charge in [-0.3, -0.25) is 4.79 Å². The number of rotatable bonds is 6. The number of esters is 1. The van der Waals surface area contributed by atoms with Crippen molar-refractivity contribution in [3.63, 3.8) is 0 Å². The van der Waals surface area contributed by atoms with Crippen LogP contribution in [0.25, 0.3) is 0 Å². The number of nitrogens with one attached hydrogen (secondary N) is 1. The van der Waals surface area contributed by atoms with Crippen molar-refractivity contribution in [3.05, 3.63) is 29.8 Å². The van der Waals surface area contributed by atoms with Gasteiger partial charge in [0.1, 0.15) is 0 Å². The SMILES string of the molecule is COC(=O)C(C)CNCc1ccc(S(C)(=O)=O)cc1. The summed E-state index contributed by atoms with van der Waals surface area (Å²) >= 11 is 0. The molecule has 1 unspecified atom stereocenters. The van der Waals surface area contributed by atoms with Gasteiger partial charge in [0, 0.05) is 19.3 Å². The summed E-state index contributed by atoms with van der Waals surface area (Å²) in [5.74, 6) is -0.458. The summed E-state index contributed by atoms with van der Waals surface area (Å²) in [4.78, 5) is 11.5. The number of sulfone groups is 1. The molecule has 19 heavy (non-hydrogen) atoms. The van der Waals surface area contributed by atoms with Crippen molar-refractivity contribution >= 4 is 15.8 Å². The van der Waals surface area contributed by atoms with Crippen LogP contribution in [0.4, 0.5) is 0 Å². The van der Waals surface area contributed by atoms with Crippen molar-refractivity contribution in [2.45, 2.75) is 18.4 Å². The van der Waals surface area contributed by atoms with E-state index in [-0.39, 0.29) is 11.9 Å². The van der Waals surface area contributed by atoms with E-state index in [9.17, 15) is 13.2 Å². The quantitative estimate of drug-likeness (QED) is 0.789. The molecule has 0 aliphatic heterocycles. The zero-order valence-corrected chi connectivity index (χ0v) is 12.2. The van der Waals surface area contributed by atoms with E-state index < -0.39 is 9.84 Å². The lowest BCUT2D eigenvalue weighted by Crippen LogP contribution is -2.26. The van der Waals surface area contributed by atoms with Gasteiger partial charge in [-0.2, -0.15) is 0 Å². The smallest absolute Gasteiger partial charge is 0.309 e. The molecule has 5 nitrogen and oxygen atoms in total. The van der Waals surface area contributed by atoms with Crippen LogP contribution in [0.3, 0.4) is 0 Å². The van der Waals surface area contributed by atoms with Gasteiger partial charge in [-0.25, -0.2) is 8.42 Å². The van der Waals surface area contributed by atoms with E-state index in [1.54, 1.807) is 31.2 Å². The van der Waals surface area contributed by atoms with E-state index in [2.05, 4.69) is 10.1 Å². The van der Waals surface area contributed by atoms with Crippen LogP contribution in [0.15, 0.2) is 29.2 Å². The summed E-state index contributed by atoms with van der Waals surface area (Å²) in [6.45, 7) is 2.87. The van der Waals surface area contributed by atoms with Gasteiger partial charge in [0.2, 0.25) is 0 Å². The lowest BCUT2D eigenvalue weighted by Gasteiger charge is -2.10. The Bertz CT molecular complexity index is 522. The van der Waals surface area contributed by atoms with Crippen molar-refractivity contribution in [1.29, 1.82) is 0 Å². The predicted octanol–water partition coefficient (Wildman–Crippen LogP) is 0.989. The Balaban J connectivity index is 2.49. The van der Waals surface area contributed by atoms with Crippen LogP contribution in [0.5, 0.6) is 0 Å². The summed E-state index contributed by atoms with van der Waals surface area (Å²) in [7, 11) is -1.79. The molecule has 6 heteroatoms. The van der Waals surface area contributed by atoms with Crippen molar-refractivity contribution in [2.24, 2.45) is 5.92 Å². The molecule has 0 saturated heterocycles. The molecule has 0 spiro atoms. The van der Waals surface area contributed by atoms with Gasteiger partial charge < -0.3 is 10.1 Å². The van der Waals surface area contributed by atoms with E-state index in [1.165, 1.54) is 13.4 Å². The Morgan fingerprint density at radius 3 is 2.37 bits per heavy atom. The summed E-state index contributed by atoms with van der Waals surface area (Å²) in [6.07, 6.45) is 1.18. The molecule has 0 aliphatic carbocycles. The number of carbonyl (C=O) groups excluding carboxylic acids is 1. The molecule has 1 aromatic carbocycles. The average Bonchev–Trinajstić information content (AvgIpc) is 2.37. The fourth-order valence-corrected chi connectivity index (χ4v) is 2.20. The van der Waals surface area contributed by atoms with Gasteiger partial charge in [-0.05, 0) is 17.7 Å². The van der Waals surface area contributed by atoms with Crippen molar-refractivity contribution in [2.75, 3.05) is 19.9 Å². The van der Waals surface area contributed by atoms with Gasteiger partial charge in [0.25, 0.3) is 0 Å². The first-order chi connectivity index (χ1) is 8.84. The molecule has 0 heterocycles. The lowest BCUT2D eigenvalue weighted by atomic mass is 10.1. The maximum absolute atomic E-state index is 11.3. The van der Waals surface area contributed by atoms with E-state index in [0.717, 1.165) is 5.56 Å². The Kier molecular flexibility index (Phi) is 5.50. The summed E-state index contributed by atoms with van der Waals surface area (Å²) in [5.41, 5.74) is 0.962. The molecule has 1 rings (SSSR count). The van der Waals surface area contributed by atoms with E-state index in [0.29, 0.717) is 18.0 Å². The number of methoxy groups -OCH3 is 1. The van der Waals surface area contributed by atoms with Crippen molar-refractivity contribution < 1.29 is 17.9 Å². The van der Waals surface area contributed by atoms with Crippen LogP contribution in [0.2, 0.25) is 0 Å². The Morgan fingerprint density at radius 2 is 1.89 bits per heavy atom. The molecule has 0 aliphatic rings. The van der Waals surface area contributed by atoms with Crippen LogP contribution < -0.4 is 5.32 Å². The molecule has 0 aromatic heterocycles. The van der Waals surface area contributed by atoms with Gasteiger partial charge >= 0.3 is 5.97 Å². The minimum atomic E-state index is -3.15. The second-order valence-electron chi connectivity index (χ2n) is 4.47.